The van der Waals surface area contributed by atoms with Crippen molar-refractivity contribution in [3.63, 3.8) is 0 Å². The van der Waals surface area contributed by atoms with Gasteiger partial charge in [-0.3, -0.25) is 0 Å². The van der Waals surface area contributed by atoms with Gasteiger partial charge >= 0.3 is 0 Å². The summed E-state index contributed by atoms with van der Waals surface area (Å²) in [6, 6.07) is 10.6. The molecule has 2 aromatic rings. The van der Waals surface area contributed by atoms with E-state index in [0.29, 0.717) is 5.92 Å². The number of benzene rings is 1. The van der Waals surface area contributed by atoms with Gasteiger partial charge in [0.1, 0.15) is 11.3 Å². The van der Waals surface area contributed by atoms with Crippen molar-refractivity contribution in [2.24, 2.45) is 5.92 Å². The monoisotopic (exact) mass is 228 g/mol. The average Bonchev–Trinajstić information content (AvgIpc) is 2.82. The average molecular weight is 228 g/mol. The van der Waals surface area contributed by atoms with Crippen LogP contribution in [0.3, 0.4) is 0 Å². The topological polar surface area (TPSA) is 13.1 Å². The van der Waals surface area contributed by atoms with Gasteiger partial charge in [0.15, 0.2) is 0 Å². The third-order valence-corrected chi connectivity index (χ3v) is 4.27. The van der Waals surface area contributed by atoms with Crippen LogP contribution in [0.2, 0.25) is 0 Å². The summed E-state index contributed by atoms with van der Waals surface area (Å²) in [4.78, 5) is 0. The fourth-order valence-corrected chi connectivity index (χ4v) is 3.06. The molecule has 0 amide bonds. The molecule has 0 unspecified atom stereocenters. The summed E-state index contributed by atoms with van der Waals surface area (Å²) in [7, 11) is 0. The molecular formula is C16H20O. The van der Waals surface area contributed by atoms with Crippen molar-refractivity contribution in [1.29, 1.82) is 0 Å². The lowest BCUT2D eigenvalue weighted by molar-refractivity contribution is 0.296. The molecule has 1 nitrogen and oxygen atoms in total. The third kappa shape index (κ3) is 2.11. The van der Waals surface area contributed by atoms with E-state index in [1.165, 1.54) is 43.3 Å². The Morgan fingerprint density at radius 1 is 1.12 bits per heavy atom. The highest BCUT2D eigenvalue weighted by Gasteiger charge is 2.23. The van der Waals surface area contributed by atoms with Crippen LogP contribution >= 0.6 is 0 Å². The molecule has 3 rings (SSSR count). The Morgan fingerprint density at radius 3 is 2.59 bits per heavy atom. The van der Waals surface area contributed by atoms with Gasteiger partial charge < -0.3 is 4.42 Å². The molecule has 17 heavy (non-hydrogen) atoms. The molecule has 0 aliphatic heterocycles. The van der Waals surface area contributed by atoms with E-state index in [4.69, 9.17) is 4.42 Å². The summed E-state index contributed by atoms with van der Waals surface area (Å²) < 4.78 is 5.98. The van der Waals surface area contributed by atoms with Crippen molar-refractivity contribution in [2.45, 2.75) is 44.9 Å². The molecule has 0 atom stereocenters. The highest BCUT2D eigenvalue weighted by molar-refractivity contribution is 5.77. The van der Waals surface area contributed by atoms with Crippen molar-refractivity contribution >= 4 is 11.0 Å². The fourth-order valence-electron chi connectivity index (χ4n) is 3.06. The third-order valence-electron chi connectivity index (χ3n) is 4.27. The Hall–Kier alpha value is -1.24. The smallest absolute Gasteiger partial charge is 0.134 e. The first-order valence-electron chi connectivity index (χ1n) is 6.85. The van der Waals surface area contributed by atoms with Crippen LogP contribution < -0.4 is 0 Å². The van der Waals surface area contributed by atoms with Gasteiger partial charge in [-0.15, -0.1) is 0 Å². The minimum atomic E-state index is 0.658. The van der Waals surface area contributed by atoms with Gasteiger partial charge in [-0.25, -0.2) is 0 Å². The maximum atomic E-state index is 5.98. The van der Waals surface area contributed by atoms with Crippen molar-refractivity contribution in [3.05, 3.63) is 36.1 Å². The highest BCUT2D eigenvalue weighted by atomic mass is 16.3. The van der Waals surface area contributed by atoms with E-state index in [1.54, 1.807) is 0 Å². The molecule has 1 heteroatoms. The highest BCUT2D eigenvalue weighted by Crippen LogP contribution is 2.38. The maximum Gasteiger partial charge on any atom is 0.134 e. The molecule has 90 valence electrons. The van der Waals surface area contributed by atoms with Gasteiger partial charge in [0.2, 0.25) is 0 Å². The van der Waals surface area contributed by atoms with E-state index in [2.05, 4.69) is 31.2 Å². The predicted octanol–water partition coefficient (Wildman–Crippen LogP) is 5.12. The van der Waals surface area contributed by atoms with Crippen LogP contribution in [-0.2, 0) is 0 Å². The molecule has 1 aromatic carbocycles. The first kappa shape index (κ1) is 10.9. The van der Waals surface area contributed by atoms with E-state index < -0.39 is 0 Å². The predicted molar refractivity (Wildman–Crippen MR) is 71.2 cm³/mol. The summed E-state index contributed by atoms with van der Waals surface area (Å²) in [5, 5.41) is 1.25. The van der Waals surface area contributed by atoms with Gasteiger partial charge in [0.25, 0.3) is 0 Å². The second kappa shape index (κ2) is 4.56. The van der Waals surface area contributed by atoms with Gasteiger partial charge in [0.05, 0.1) is 0 Å². The first-order chi connectivity index (χ1) is 8.36. The Morgan fingerprint density at radius 2 is 1.88 bits per heavy atom. The summed E-state index contributed by atoms with van der Waals surface area (Å²) in [5.74, 6) is 2.82. The molecule has 1 aliphatic rings. The molecule has 1 aromatic heterocycles. The Bertz CT molecular complexity index is 456. The van der Waals surface area contributed by atoms with Crippen LogP contribution in [0.15, 0.2) is 34.7 Å². The van der Waals surface area contributed by atoms with E-state index >= 15 is 0 Å². The molecule has 1 aliphatic carbocycles. The zero-order chi connectivity index (χ0) is 11.7. The summed E-state index contributed by atoms with van der Waals surface area (Å²) in [6.07, 6.45) is 6.69. The quantitative estimate of drug-likeness (QED) is 0.695. The summed E-state index contributed by atoms with van der Waals surface area (Å²) in [5.41, 5.74) is 1.04. The number of fused-ring (bicyclic) bond motifs is 1. The number of rotatable bonds is 2. The van der Waals surface area contributed by atoms with Gasteiger partial charge in [-0.2, -0.15) is 0 Å². The fraction of sp³-hybridized carbons (Fsp3) is 0.500. The number of para-hydroxylation sites is 1. The molecule has 0 spiro atoms. The minimum Gasteiger partial charge on any atom is -0.461 e. The van der Waals surface area contributed by atoms with E-state index in [0.717, 1.165) is 11.5 Å². The number of hydrogen-bond donors (Lipinski definition) is 0. The molecule has 0 saturated heterocycles. The normalized spacial score (nSPS) is 25.2. The Kier molecular flexibility index (Phi) is 2.92. The van der Waals surface area contributed by atoms with E-state index in [9.17, 15) is 0 Å². The van der Waals surface area contributed by atoms with Crippen LogP contribution in [0, 0.1) is 5.92 Å². The minimum absolute atomic E-state index is 0.658. The first-order valence-corrected chi connectivity index (χ1v) is 6.85. The molecule has 0 radical (unpaired) electrons. The molecular weight excluding hydrogens is 208 g/mol. The molecule has 0 bridgehead atoms. The lowest BCUT2D eigenvalue weighted by Gasteiger charge is -2.26. The van der Waals surface area contributed by atoms with Gasteiger partial charge in [-0.05, 0) is 43.7 Å². The van der Waals surface area contributed by atoms with Gasteiger partial charge in [-0.1, -0.05) is 31.5 Å². The van der Waals surface area contributed by atoms with Crippen LogP contribution in [0.4, 0.5) is 0 Å². The Labute approximate surface area is 103 Å². The lowest BCUT2D eigenvalue weighted by Crippen LogP contribution is -2.11. The van der Waals surface area contributed by atoms with Crippen molar-refractivity contribution in [3.8, 4) is 0 Å². The standard InChI is InChI=1S/C16H20O/c1-2-12-7-9-13(10-8-12)16-11-14-5-3-4-6-15(14)17-16/h3-6,11-13H,2,7-10H2,1H3. The van der Waals surface area contributed by atoms with Gasteiger partial charge in [0, 0.05) is 11.3 Å². The summed E-state index contributed by atoms with van der Waals surface area (Å²) >= 11 is 0. The second-order valence-corrected chi connectivity index (χ2v) is 5.31. The molecule has 1 fully saturated rings. The second-order valence-electron chi connectivity index (χ2n) is 5.31. The van der Waals surface area contributed by atoms with Crippen molar-refractivity contribution in [2.75, 3.05) is 0 Å². The number of furan rings is 1. The van der Waals surface area contributed by atoms with Crippen LogP contribution in [0.5, 0.6) is 0 Å². The molecule has 0 N–H and O–H groups in total. The zero-order valence-electron chi connectivity index (χ0n) is 10.5. The zero-order valence-corrected chi connectivity index (χ0v) is 10.5. The van der Waals surface area contributed by atoms with Crippen LogP contribution in [0.25, 0.3) is 11.0 Å². The largest absolute Gasteiger partial charge is 0.461 e. The SMILES string of the molecule is CCC1CCC(c2cc3ccccc3o2)CC1. The molecule has 1 heterocycles. The van der Waals surface area contributed by atoms with Crippen LogP contribution in [-0.4, -0.2) is 0 Å². The Balaban J connectivity index is 1.80. The van der Waals surface area contributed by atoms with E-state index in [-0.39, 0.29) is 0 Å². The molecule has 1 saturated carbocycles. The maximum absolute atomic E-state index is 5.98. The number of hydrogen-bond acceptors (Lipinski definition) is 1. The van der Waals surface area contributed by atoms with Crippen molar-refractivity contribution in [1.82, 2.24) is 0 Å². The summed E-state index contributed by atoms with van der Waals surface area (Å²) in [6.45, 7) is 2.31. The lowest BCUT2D eigenvalue weighted by atomic mass is 9.80. The van der Waals surface area contributed by atoms with E-state index in [1.807, 2.05) is 6.07 Å². The van der Waals surface area contributed by atoms with Crippen LogP contribution in [0.1, 0.15) is 50.7 Å². The van der Waals surface area contributed by atoms with Crippen molar-refractivity contribution < 1.29 is 4.42 Å².